The van der Waals surface area contributed by atoms with Gasteiger partial charge in [0.25, 0.3) is 5.91 Å². The molecule has 1 N–H and O–H groups in total. The van der Waals surface area contributed by atoms with Crippen LogP contribution in [0.4, 0.5) is 5.13 Å². The molecule has 0 radical (unpaired) electrons. The van der Waals surface area contributed by atoms with Crippen molar-refractivity contribution in [2.45, 2.75) is 13.3 Å². The summed E-state index contributed by atoms with van der Waals surface area (Å²) in [5.74, 6) is 1.04. The molecule has 4 rings (SSSR count). The van der Waals surface area contributed by atoms with Crippen LogP contribution in [-0.4, -0.2) is 17.7 Å². The van der Waals surface area contributed by atoms with E-state index in [4.69, 9.17) is 9.47 Å². The third kappa shape index (κ3) is 3.49. The van der Waals surface area contributed by atoms with Gasteiger partial charge in [0.1, 0.15) is 0 Å². The molecule has 6 heteroatoms. The standard InChI is InChI=1S/C19H16N2O3S/c1-12-3-2-4-13(7-12)8-15-10-20-19(25-15)21-18(22)14-5-6-16-17(9-14)24-11-23-16/h2-7,9-10H,8,11H2,1H3,(H,20,21,22). The number of carbonyl (C=O) groups is 1. The van der Waals surface area contributed by atoms with E-state index in [9.17, 15) is 4.79 Å². The number of aromatic nitrogens is 1. The number of thiazole rings is 1. The predicted octanol–water partition coefficient (Wildman–Crippen LogP) is 4.02. The molecular formula is C19H16N2O3S. The molecule has 1 aliphatic rings. The highest BCUT2D eigenvalue weighted by Crippen LogP contribution is 2.32. The van der Waals surface area contributed by atoms with E-state index in [1.807, 2.05) is 12.3 Å². The van der Waals surface area contributed by atoms with Gasteiger partial charge >= 0.3 is 0 Å². The molecule has 0 unspecified atom stereocenters. The average molecular weight is 352 g/mol. The first-order chi connectivity index (χ1) is 12.2. The zero-order chi connectivity index (χ0) is 17.2. The smallest absolute Gasteiger partial charge is 0.257 e. The molecule has 0 fully saturated rings. The first kappa shape index (κ1) is 15.7. The molecule has 0 saturated carbocycles. The van der Waals surface area contributed by atoms with E-state index in [1.54, 1.807) is 18.2 Å². The number of hydrogen-bond acceptors (Lipinski definition) is 5. The van der Waals surface area contributed by atoms with Gasteiger partial charge in [0.2, 0.25) is 6.79 Å². The molecule has 2 heterocycles. The van der Waals surface area contributed by atoms with E-state index < -0.39 is 0 Å². The molecule has 1 aromatic heterocycles. The number of aryl methyl sites for hydroxylation is 1. The number of ether oxygens (including phenoxy) is 2. The number of rotatable bonds is 4. The summed E-state index contributed by atoms with van der Waals surface area (Å²) in [5.41, 5.74) is 2.98. The van der Waals surface area contributed by atoms with Crippen LogP contribution >= 0.6 is 11.3 Å². The van der Waals surface area contributed by atoms with Crippen molar-refractivity contribution in [2.75, 3.05) is 12.1 Å². The minimum atomic E-state index is -0.213. The minimum Gasteiger partial charge on any atom is -0.454 e. The highest BCUT2D eigenvalue weighted by molar-refractivity contribution is 7.15. The van der Waals surface area contributed by atoms with Crippen LogP contribution < -0.4 is 14.8 Å². The highest BCUT2D eigenvalue weighted by Gasteiger charge is 2.17. The molecule has 126 valence electrons. The Labute approximate surface area is 149 Å². The minimum absolute atomic E-state index is 0.190. The van der Waals surface area contributed by atoms with Crippen molar-refractivity contribution in [3.63, 3.8) is 0 Å². The molecule has 0 bridgehead atoms. The van der Waals surface area contributed by atoms with Gasteiger partial charge in [-0.1, -0.05) is 29.8 Å². The van der Waals surface area contributed by atoms with Gasteiger partial charge in [-0.05, 0) is 30.7 Å². The largest absolute Gasteiger partial charge is 0.454 e. The summed E-state index contributed by atoms with van der Waals surface area (Å²) in [4.78, 5) is 17.8. The normalized spacial score (nSPS) is 12.2. The summed E-state index contributed by atoms with van der Waals surface area (Å²) >= 11 is 1.48. The third-order valence-electron chi connectivity index (χ3n) is 3.87. The number of anilines is 1. The summed E-state index contributed by atoms with van der Waals surface area (Å²) in [6.07, 6.45) is 2.61. The van der Waals surface area contributed by atoms with E-state index in [1.165, 1.54) is 22.5 Å². The van der Waals surface area contributed by atoms with Crippen LogP contribution in [0.3, 0.4) is 0 Å². The summed E-state index contributed by atoms with van der Waals surface area (Å²) in [5, 5.41) is 3.43. The van der Waals surface area contributed by atoms with Crippen molar-refractivity contribution in [3.05, 3.63) is 70.2 Å². The van der Waals surface area contributed by atoms with E-state index in [-0.39, 0.29) is 12.7 Å². The first-order valence-corrected chi connectivity index (χ1v) is 8.70. The Hall–Kier alpha value is -2.86. The zero-order valence-electron chi connectivity index (χ0n) is 13.6. The Bertz CT molecular complexity index is 936. The molecule has 0 atom stereocenters. The number of amides is 1. The van der Waals surface area contributed by atoms with Crippen LogP contribution in [0.1, 0.15) is 26.4 Å². The number of fused-ring (bicyclic) bond motifs is 1. The van der Waals surface area contributed by atoms with Crippen LogP contribution in [0.2, 0.25) is 0 Å². The van der Waals surface area contributed by atoms with Crippen LogP contribution in [-0.2, 0) is 6.42 Å². The molecule has 3 aromatic rings. The second-order valence-electron chi connectivity index (χ2n) is 5.82. The first-order valence-electron chi connectivity index (χ1n) is 7.88. The Morgan fingerprint density at radius 2 is 2.08 bits per heavy atom. The number of benzene rings is 2. The van der Waals surface area contributed by atoms with Gasteiger partial charge in [-0.25, -0.2) is 4.98 Å². The maximum Gasteiger partial charge on any atom is 0.257 e. The van der Waals surface area contributed by atoms with Gasteiger partial charge in [0, 0.05) is 23.1 Å². The Morgan fingerprint density at radius 1 is 1.20 bits per heavy atom. The third-order valence-corrected chi connectivity index (χ3v) is 4.78. The van der Waals surface area contributed by atoms with E-state index in [0.29, 0.717) is 22.2 Å². The topological polar surface area (TPSA) is 60.5 Å². The van der Waals surface area contributed by atoms with Gasteiger partial charge in [-0.15, -0.1) is 11.3 Å². The van der Waals surface area contributed by atoms with Crippen LogP contribution in [0.5, 0.6) is 11.5 Å². The summed E-state index contributed by atoms with van der Waals surface area (Å²) in [7, 11) is 0. The van der Waals surface area contributed by atoms with E-state index in [0.717, 1.165) is 11.3 Å². The number of hydrogen-bond donors (Lipinski definition) is 1. The van der Waals surface area contributed by atoms with E-state index in [2.05, 4.69) is 35.4 Å². The number of nitrogens with zero attached hydrogens (tertiary/aromatic N) is 1. The molecule has 2 aromatic carbocycles. The van der Waals surface area contributed by atoms with Crippen molar-refractivity contribution < 1.29 is 14.3 Å². The molecule has 25 heavy (non-hydrogen) atoms. The fourth-order valence-corrected chi connectivity index (χ4v) is 3.52. The second kappa shape index (κ2) is 6.57. The quantitative estimate of drug-likeness (QED) is 0.770. The monoisotopic (exact) mass is 352 g/mol. The lowest BCUT2D eigenvalue weighted by molar-refractivity contribution is 0.102. The molecule has 0 saturated heterocycles. The van der Waals surface area contributed by atoms with Crippen LogP contribution in [0.25, 0.3) is 0 Å². The lowest BCUT2D eigenvalue weighted by atomic mass is 10.1. The SMILES string of the molecule is Cc1cccc(Cc2cnc(NC(=O)c3ccc4c(c3)OCO4)s2)c1. The lowest BCUT2D eigenvalue weighted by Crippen LogP contribution is -2.11. The second-order valence-corrected chi connectivity index (χ2v) is 6.93. The predicted molar refractivity (Wildman–Crippen MR) is 96.6 cm³/mol. The Morgan fingerprint density at radius 3 is 2.96 bits per heavy atom. The van der Waals surface area contributed by atoms with Crippen molar-refractivity contribution in [3.8, 4) is 11.5 Å². The maximum atomic E-state index is 12.4. The van der Waals surface area contributed by atoms with Gasteiger partial charge in [-0.2, -0.15) is 0 Å². The average Bonchev–Trinajstić information content (AvgIpc) is 3.23. The molecule has 0 aliphatic carbocycles. The van der Waals surface area contributed by atoms with Gasteiger partial charge in [-0.3, -0.25) is 10.1 Å². The van der Waals surface area contributed by atoms with Crippen molar-refractivity contribution in [2.24, 2.45) is 0 Å². The molecule has 0 spiro atoms. The molecule has 1 aliphatic heterocycles. The van der Waals surface area contributed by atoms with Gasteiger partial charge in [0.15, 0.2) is 16.6 Å². The Kier molecular flexibility index (Phi) is 4.11. The van der Waals surface area contributed by atoms with Crippen molar-refractivity contribution in [1.82, 2.24) is 4.98 Å². The van der Waals surface area contributed by atoms with Gasteiger partial charge < -0.3 is 9.47 Å². The fraction of sp³-hybridized carbons (Fsp3) is 0.158. The van der Waals surface area contributed by atoms with Gasteiger partial charge in [0.05, 0.1) is 0 Å². The molecule has 1 amide bonds. The lowest BCUT2D eigenvalue weighted by Gasteiger charge is -2.03. The summed E-state index contributed by atoms with van der Waals surface area (Å²) in [6, 6.07) is 13.5. The van der Waals surface area contributed by atoms with Crippen molar-refractivity contribution in [1.29, 1.82) is 0 Å². The number of nitrogens with one attached hydrogen (secondary N) is 1. The summed E-state index contributed by atoms with van der Waals surface area (Å²) < 4.78 is 10.6. The van der Waals surface area contributed by atoms with Crippen molar-refractivity contribution >= 4 is 22.4 Å². The fourth-order valence-electron chi connectivity index (χ4n) is 2.68. The highest BCUT2D eigenvalue weighted by atomic mass is 32.1. The maximum absolute atomic E-state index is 12.4. The van der Waals surface area contributed by atoms with Crippen LogP contribution in [0.15, 0.2) is 48.7 Å². The summed E-state index contributed by atoms with van der Waals surface area (Å²) in [6.45, 7) is 2.27. The Balaban J connectivity index is 1.44. The van der Waals surface area contributed by atoms with E-state index >= 15 is 0 Å². The molecular weight excluding hydrogens is 336 g/mol. The molecule has 5 nitrogen and oxygen atoms in total. The number of carbonyl (C=O) groups excluding carboxylic acids is 1. The zero-order valence-corrected chi connectivity index (χ0v) is 14.4. The van der Waals surface area contributed by atoms with Crippen LogP contribution in [0, 0.1) is 6.92 Å².